The van der Waals surface area contributed by atoms with E-state index in [1.54, 1.807) is 0 Å². The summed E-state index contributed by atoms with van der Waals surface area (Å²) in [5, 5.41) is 6.12. The third-order valence-corrected chi connectivity index (χ3v) is 4.53. The van der Waals surface area contributed by atoms with Crippen molar-refractivity contribution in [2.45, 2.75) is 17.7 Å². The molecule has 2 aliphatic heterocycles. The molecule has 3 rings (SSSR count). The second-order valence-corrected chi connectivity index (χ2v) is 5.76. The van der Waals surface area contributed by atoms with Gasteiger partial charge in [-0.2, -0.15) is 0 Å². The van der Waals surface area contributed by atoms with Gasteiger partial charge in [0.2, 0.25) is 5.91 Å². The van der Waals surface area contributed by atoms with Gasteiger partial charge in [0.05, 0.1) is 5.92 Å². The molecule has 0 aliphatic carbocycles. The molecule has 0 unspecified atom stereocenters. The number of fused-ring (bicyclic) bond motifs is 1. The predicted octanol–water partition coefficient (Wildman–Crippen LogP) is 1.88. The van der Waals surface area contributed by atoms with Gasteiger partial charge in [0.1, 0.15) is 0 Å². The van der Waals surface area contributed by atoms with Crippen LogP contribution in [-0.2, 0) is 11.2 Å². The molecule has 1 aromatic carbocycles. The third-order valence-electron chi connectivity index (χ3n) is 3.33. The van der Waals surface area contributed by atoms with E-state index in [1.165, 1.54) is 22.6 Å². The molecule has 1 aromatic rings. The molecule has 2 heterocycles. The lowest BCUT2D eigenvalue weighted by Gasteiger charge is -2.26. The molecule has 90 valence electrons. The van der Waals surface area contributed by atoms with Crippen LogP contribution in [0.1, 0.15) is 12.0 Å². The first-order valence-electron chi connectivity index (χ1n) is 6.10. The Balaban J connectivity index is 1.72. The van der Waals surface area contributed by atoms with Crippen LogP contribution in [0, 0.1) is 5.92 Å². The van der Waals surface area contributed by atoms with Crippen molar-refractivity contribution in [3.05, 3.63) is 23.8 Å². The molecule has 0 bridgehead atoms. The summed E-state index contributed by atoms with van der Waals surface area (Å²) in [6.07, 6.45) is 2.37. The van der Waals surface area contributed by atoms with Crippen molar-refractivity contribution in [3.63, 3.8) is 0 Å². The lowest BCUT2D eigenvalue weighted by molar-refractivity contribution is -0.121. The maximum absolute atomic E-state index is 11.8. The van der Waals surface area contributed by atoms with Crippen LogP contribution in [0.15, 0.2) is 23.1 Å². The Hall–Kier alpha value is -1.00. The van der Waals surface area contributed by atoms with Crippen LogP contribution in [0.2, 0.25) is 0 Å². The minimum absolute atomic E-state index is 0.146. The first kappa shape index (κ1) is 11.1. The molecular formula is C13H16N2OS. The third kappa shape index (κ3) is 2.33. The number of hydrogen-bond acceptors (Lipinski definition) is 3. The molecular weight excluding hydrogens is 232 g/mol. The van der Waals surface area contributed by atoms with E-state index in [0.717, 1.165) is 25.2 Å². The fourth-order valence-electron chi connectivity index (χ4n) is 2.16. The Morgan fingerprint density at radius 1 is 1.41 bits per heavy atom. The van der Waals surface area contributed by atoms with Crippen molar-refractivity contribution < 1.29 is 4.79 Å². The summed E-state index contributed by atoms with van der Waals surface area (Å²) < 4.78 is 0. The van der Waals surface area contributed by atoms with Gasteiger partial charge in [-0.1, -0.05) is 0 Å². The summed E-state index contributed by atoms with van der Waals surface area (Å²) in [5.41, 5.74) is 2.33. The Labute approximate surface area is 105 Å². The lowest BCUT2D eigenvalue weighted by Crippen LogP contribution is -2.48. The normalized spacial score (nSPS) is 19.3. The number of nitrogens with one attached hydrogen (secondary N) is 2. The summed E-state index contributed by atoms with van der Waals surface area (Å²) in [4.78, 5) is 13.2. The van der Waals surface area contributed by atoms with Gasteiger partial charge in [0.25, 0.3) is 0 Å². The number of amides is 1. The predicted molar refractivity (Wildman–Crippen MR) is 70.5 cm³/mol. The van der Waals surface area contributed by atoms with Gasteiger partial charge in [0, 0.05) is 23.7 Å². The van der Waals surface area contributed by atoms with Crippen LogP contribution < -0.4 is 10.6 Å². The summed E-state index contributed by atoms with van der Waals surface area (Å²) in [6, 6.07) is 6.28. The maximum Gasteiger partial charge on any atom is 0.230 e. The van der Waals surface area contributed by atoms with Gasteiger partial charge >= 0.3 is 0 Å². The molecule has 0 radical (unpaired) electrons. The minimum atomic E-state index is 0.146. The van der Waals surface area contributed by atoms with Gasteiger partial charge in [-0.05, 0) is 42.4 Å². The average molecular weight is 248 g/mol. The van der Waals surface area contributed by atoms with Crippen LogP contribution >= 0.6 is 11.8 Å². The van der Waals surface area contributed by atoms with Gasteiger partial charge < -0.3 is 10.6 Å². The summed E-state index contributed by atoms with van der Waals surface area (Å²) in [7, 11) is 0. The molecule has 0 aromatic heterocycles. The van der Waals surface area contributed by atoms with E-state index < -0.39 is 0 Å². The van der Waals surface area contributed by atoms with E-state index >= 15 is 0 Å². The molecule has 1 saturated heterocycles. The second kappa shape index (κ2) is 4.70. The average Bonchev–Trinajstić information content (AvgIpc) is 2.26. The van der Waals surface area contributed by atoms with Crippen LogP contribution in [0.3, 0.4) is 0 Å². The highest BCUT2D eigenvalue weighted by molar-refractivity contribution is 7.99. The first-order chi connectivity index (χ1) is 8.33. The summed E-state index contributed by atoms with van der Waals surface area (Å²) >= 11 is 1.92. The van der Waals surface area contributed by atoms with E-state index in [2.05, 4.69) is 22.8 Å². The van der Waals surface area contributed by atoms with Crippen molar-refractivity contribution in [2.24, 2.45) is 5.92 Å². The number of thioether (sulfide) groups is 1. The highest BCUT2D eigenvalue weighted by Gasteiger charge is 2.24. The number of hydrogen-bond donors (Lipinski definition) is 2. The number of aryl methyl sites for hydroxylation is 1. The molecule has 1 amide bonds. The molecule has 2 N–H and O–H groups in total. The maximum atomic E-state index is 11.8. The number of carbonyl (C=O) groups is 1. The van der Waals surface area contributed by atoms with E-state index in [1.807, 2.05) is 17.8 Å². The molecule has 17 heavy (non-hydrogen) atoms. The Morgan fingerprint density at radius 2 is 2.29 bits per heavy atom. The van der Waals surface area contributed by atoms with Crippen molar-refractivity contribution in [3.8, 4) is 0 Å². The minimum Gasteiger partial charge on any atom is -0.326 e. The van der Waals surface area contributed by atoms with Crippen LogP contribution in [0.25, 0.3) is 0 Å². The Kier molecular flexibility index (Phi) is 3.07. The lowest BCUT2D eigenvalue weighted by atomic mass is 10.0. The Bertz CT molecular complexity index is 443. The van der Waals surface area contributed by atoms with Crippen LogP contribution in [0.5, 0.6) is 0 Å². The van der Waals surface area contributed by atoms with Crippen LogP contribution in [0.4, 0.5) is 5.69 Å². The second-order valence-electron chi connectivity index (χ2n) is 4.62. The van der Waals surface area contributed by atoms with Crippen molar-refractivity contribution >= 4 is 23.4 Å². The van der Waals surface area contributed by atoms with E-state index in [4.69, 9.17) is 0 Å². The van der Waals surface area contributed by atoms with E-state index in [9.17, 15) is 4.79 Å². The molecule has 4 heteroatoms. The topological polar surface area (TPSA) is 41.1 Å². The number of rotatable bonds is 2. The fourth-order valence-corrected chi connectivity index (χ4v) is 3.18. The van der Waals surface area contributed by atoms with Gasteiger partial charge in [-0.15, -0.1) is 11.8 Å². The van der Waals surface area contributed by atoms with Crippen molar-refractivity contribution in [1.82, 2.24) is 5.32 Å². The monoisotopic (exact) mass is 248 g/mol. The standard InChI is InChI=1S/C13H16N2OS/c16-13(10-7-14-8-10)15-11-3-4-12-9(6-11)2-1-5-17-12/h3-4,6,10,14H,1-2,5,7-8H2,(H,15,16). The zero-order chi connectivity index (χ0) is 11.7. The smallest absolute Gasteiger partial charge is 0.230 e. The van der Waals surface area contributed by atoms with Gasteiger partial charge in [-0.25, -0.2) is 0 Å². The Morgan fingerprint density at radius 3 is 3.06 bits per heavy atom. The largest absolute Gasteiger partial charge is 0.326 e. The summed E-state index contributed by atoms with van der Waals surface area (Å²) in [6.45, 7) is 1.62. The van der Waals surface area contributed by atoms with Crippen LogP contribution in [-0.4, -0.2) is 24.7 Å². The quantitative estimate of drug-likeness (QED) is 0.839. The SMILES string of the molecule is O=C(Nc1ccc2c(c1)CCCS2)C1CNC1. The number of benzene rings is 1. The number of carbonyl (C=O) groups excluding carboxylic acids is 1. The first-order valence-corrected chi connectivity index (χ1v) is 7.09. The van der Waals surface area contributed by atoms with E-state index in [0.29, 0.717) is 0 Å². The summed E-state index contributed by atoms with van der Waals surface area (Å²) in [5.74, 6) is 1.51. The molecule has 0 spiro atoms. The molecule has 3 nitrogen and oxygen atoms in total. The fraction of sp³-hybridized carbons (Fsp3) is 0.462. The zero-order valence-corrected chi connectivity index (χ0v) is 10.5. The van der Waals surface area contributed by atoms with Gasteiger partial charge in [0.15, 0.2) is 0 Å². The highest BCUT2D eigenvalue weighted by Crippen LogP contribution is 2.31. The molecule has 0 atom stereocenters. The molecule has 0 saturated carbocycles. The molecule has 1 fully saturated rings. The zero-order valence-electron chi connectivity index (χ0n) is 9.66. The van der Waals surface area contributed by atoms with E-state index in [-0.39, 0.29) is 11.8 Å². The van der Waals surface area contributed by atoms with Gasteiger partial charge in [-0.3, -0.25) is 4.79 Å². The number of anilines is 1. The highest BCUT2D eigenvalue weighted by atomic mass is 32.2. The molecule has 2 aliphatic rings. The van der Waals surface area contributed by atoms with Crippen molar-refractivity contribution in [1.29, 1.82) is 0 Å². The van der Waals surface area contributed by atoms with Crippen molar-refractivity contribution in [2.75, 3.05) is 24.2 Å².